The maximum atomic E-state index is 12.8. The Morgan fingerprint density at radius 2 is 1.70 bits per heavy atom. The first-order valence-electron chi connectivity index (χ1n) is 6.79. The Morgan fingerprint density at radius 1 is 1.04 bits per heavy atom. The monoisotopic (exact) mass is 318 g/mol. The third kappa shape index (κ3) is 1.93. The minimum atomic E-state index is -1.08. The third-order valence-corrected chi connectivity index (χ3v) is 3.79. The Morgan fingerprint density at radius 3 is 2.26 bits per heavy atom. The standard InChI is InChI=1S/C16H14O7/c1-6(17)16-10-7(5-23-16)13(18)11-8(21-2)4-9(22-3)14(19)12(11)15(10)20/h4-6,17,19H,1-3H3/t6-/m0/s1. The number of aromatic hydroxyl groups is 1. The Balaban J connectivity index is 2.36. The van der Waals surface area contributed by atoms with Crippen molar-refractivity contribution in [2.75, 3.05) is 14.2 Å². The highest BCUT2D eigenvalue weighted by atomic mass is 16.5. The lowest BCUT2D eigenvalue weighted by Crippen LogP contribution is -2.22. The van der Waals surface area contributed by atoms with Crippen LogP contribution >= 0.6 is 0 Å². The molecular formula is C16H14O7. The molecule has 1 aromatic carbocycles. The molecule has 2 N–H and O–H groups in total. The second-order valence-electron chi connectivity index (χ2n) is 5.10. The van der Waals surface area contributed by atoms with E-state index < -0.39 is 23.4 Å². The van der Waals surface area contributed by atoms with Crippen molar-refractivity contribution in [1.29, 1.82) is 0 Å². The molecule has 23 heavy (non-hydrogen) atoms. The number of ether oxygens (including phenoxy) is 2. The predicted octanol–water partition coefficient (Wildman–Crippen LogP) is 1.83. The Labute approximate surface area is 131 Å². The van der Waals surface area contributed by atoms with Gasteiger partial charge in [0.1, 0.15) is 23.9 Å². The molecule has 0 saturated carbocycles. The van der Waals surface area contributed by atoms with Crippen molar-refractivity contribution in [2.24, 2.45) is 0 Å². The molecule has 0 unspecified atom stereocenters. The van der Waals surface area contributed by atoms with Crippen LogP contribution in [0, 0.1) is 0 Å². The van der Waals surface area contributed by atoms with Crippen LogP contribution in [0.4, 0.5) is 0 Å². The number of carbonyl (C=O) groups excluding carboxylic acids is 2. The number of hydrogen-bond donors (Lipinski definition) is 2. The Kier molecular flexibility index (Phi) is 3.37. The summed E-state index contributed by atoms with van der Waals surface area (Å²) in [6, 6.07) is 1.33. The molecule has 0 amide bonds. The van der Waals surface area contributed by atoms with Crippen molar-refractivity contribution in [2.45, 2.75) is 13.0 Å². The molecule has 0 bridgehead atoms. The molecule has 3 rings (SSSR count). The molecule has 2 aromatic rings. The van der Waals surface area contributed by atoms with Gasteiger partial charge in [-0.3, -0.25) is 9.59 Å². The van der Waals surface area contributed by atoms with Gasteiger partial charge in [-0.1, -0.05) is 0 Å². The van der Waals surface area contributed by atoms with Crippen molar-refractivity contribution in [3.05, 3.63) is 40.3 Å². The van der Waals surface area contributed by atoms with E-state index in [1.165, 1.54) is 27.2 Å². The summed E-state index contributed by atoms with van der Waals surface area (Å²) in [7, 11) is 2.66. The average Bonchev–Trinajstić information content (AvgIpc) is 2.98. The zero-order chi connectivity index (χ0) is 16.9. The van der Waals surface area contributed by atoms with Crippen LogP contribution in [0.5, 0.6) is 17.2 Å². The molecule has 1 aliphatic rings. The maximum absolute atomic E-state index is 12.8. The summed E-state index contributed by atoms with van der Waals surface area (Å²) >= 11 is 0. The zero-order valence-electron chi connectivity index (χ0n) is 12.7. The normalized spacial score (nSPS) is 14.3. The van der Waals surface area contributed by atoms with E-state index in [2.05, 4.69) is 0 Å². The van der Waals surface area contributed by atoms with Crippen molar-refractivity contribution < 1.29 is 33.7 Å². The van der Waals surface area contributed by atoms with Crippen LogP contribution in [0.2, 0.25) is 0 Å². The van der Waals surface area contributed by atoms with Crippen molar-refractivity contribution in [3.8, 4) is 17.2 Å². The second-order valence-corrected chi connectivity index (χ2v) is 5.10. The number of aliphatic hydroxyl groups excluding tert-OH is 1. The third-order valence-electron chi connectivity index (χ3n) is 3.79. The van der Waals surface area contributed by atoms with E-state index in [-0.39, 0.29) is 39.5 Å². The summed E-state index contributed by atoms with van der Waals surface area (Å²) in [4.78, 5) is 25.5. The Bertz CT molecular complexity index is 829. The summed E-state index contributed by atoms with van der Waals surface area (Å²) in [5.74, 6) is -1.52. The fourth-order valence-corrected chi connectivity index (χ4v) is 2.73. The molecule has 1 aromatic heterocycles. The van der Waals surface area contributed by atoms with Crippen molar-refractivity contribution in [1.82, 2.24) is 0 Å². The molecule has 7 heteroatoms. The van der Waals surface area contributed by atoms with E-state index in [1.54, 1.807) is 0 Å². The van der Waals surface area contributed by atoms with Gasteiger partial charge in [0.2, 0.25) is 11.6 Å². The van der Waals surface area contributed by atoms with Gasteiger partial charge in [0.05, 0.1) is 36.5 Å². The molecule has 0 aliphatic heterocycles. The number of fused-ring (bicyclic) bond motifs is 2. The molecular weight excluding hydrogens is 304 g/mol. The van der Waals surface area contributed by atoms with E-state index in [1.807, 2.05) is 0 Å². The molecule has 1 aliphatic carbocycles. The molecule has 0 radical (unpaired) electrons. The number of benzene rings is 1. The molecule has 1 heterocycles. The summed E-state index contributed by atoms with van der Waals surface area (Å²) < 4.78 is 15.3. The number of methoxy groups -OCH3 is 2. The first-order valence-corrected chi connectivity index (χ1v) is 6.79. The fourth-order valence-electron chi connectivity index (χ4n) is 2.73. The number of carbonyl (C=O) groups is 2. The molecule has 7 nitrogen and oxygen atoms in total. The number of ketones is 2. The highest BCUT2D eigenvalue weighted by Gasteiger charge is 2.40. The van der Waals surface area contributed by atoms with E-state index in [0.29, 0.717) is 0 Å². The fraction of sp³-hybridized carbons (Fsp3) is 0.250. The first kappa shape index (κ1) is 15.1. The zero-order valence-corrected chi connectivity index (χ0v) is 12.7. The van der Waals surface area contributed by atoms with E-state index >= 15 is 0 Å². The summed E-state index contributed by atoms with van der Waals surface area (Å²) in [6.45, 7) is 1.42. The van der Waals surface area contributed by atoms with Crippen LogP contribution < -0.4 is 9.47 Å². The molecule has 120 valence electrons. The van der Waals surface area contributed by atoms with Gasteiger partial charge in [0.25, 0.3) is 0 Å². The van der Waals surface area contributed by atoms with Crippen LogP contribution in [0.15, 0.2) is 16.7 Å². The summed E-state index contributed by atoms with van der Waals surface area (Å²) in [5.41, 5.74) is -0.299. The molecule has 0 spiro atoms. The van der Waals surface area contributed by atoms with Crippen LogP contribution in [0.3, 0.4) is 0 Å². The average molecular weight is 318 g/mol. The number of furan rings is 1. The quantitative estimate of drug-likeness (QED) is 0.758. The lowest BCUT2D eigenvalue weighted by atomic mass is 9.83. The minimum absolute atomic E-state index is 0.00675. The molecule has 1 atom stereocenters. The van der Waals surface area contributed by atoms with Crippen LogP contribution in [-0.4, -0.2) is 36.0 Å². The predicted molar refractivity (Wildman–Crippen MR) is 77.4 cm³/mol. The van der Waals surface area contributed by atoms with Gasteiger partial charge in [-0.15, -0.1) is 0 Å². The van der Waals surface area contributed by atoms with Crippen LogP contribution in [-0.2, 0) is 0 Å². The van der Waals surface area contributed by atoms with Gasteiger partial charge in [0, 0.05) is 6.07 Å². The van der Waals surface area contributed by atoms with E-state index in [0.717, 1.165) is 6.26 Å². The summed E-state index contributed by atoms with van der Waals surface area (Å²) in [5, 5.41) is 20.0. The molecule has 0 saturated heterocycles. The van der Waals surface area contributed by atoms with Crippen LogP contribution in [0.25, 0.3) is 0 Å². The smallest absolute Gasteiger partial charge is 0.202 e. The van der Waals surface area contributed by atoms with Crippen molar-refractivity contribution in [3.63, 3.8) is 0 Å². The van der Waals surface area contributed by atoms with Gasteiger partial charge < -0.3 is 24.1 Å². The van der Waals surface area contributed by atoms with Gasteiger partial charge >= 0.3 is 0 Å². The highest BCUT2D eigenvalue weighted by Crippen LogP contribution is 2.45. The first-order chi connectivity index (χ1) is 10.9. The number of phenolic OH excluding ortho intramolecular Hbond substituents is 1. The Hall–Kier alpha value is -2.80. The number of rotatable bonds is 3. The maximum Gasteiger partial charge on any atom is 0.202 e. The van der Waals surface area contributed by atoms with E-state index in [4.69, 9.17) is 13.9 Å². The minimum Gasteiger partial charge on any atom is -0.504 e. The largest absolute Gasteiger partial charge is 0.504 e. The second kappa shape index (κ2) is 5.13. The highest BCUT2D eigenvalue weighted by molar-refractivity contribution is 6.30. The van der Waals surface area contributed by atoms with Gasteiger partial charge in [-0.2, -0.15) is 0 Å². The van der Waals surface area contributed by atoms with E-state index in [9.17, 15) is 19.8 Å². The summed E-state index contributed by atoms with van der Waals surface area (Å²) in [6.07, 6.45) is 0.0491. The van der Waals surface area contributed by atoms with Crippen LogP contribution in [0.1, 0.15) is 50.6 Å². The number of phenols is 1. The SMILES string of the molecule is COc1cc(OC)c2c(c1O)C(=O)c1c(coc1[C@H](C)O)C2=O. The van der Waals surface area contributed by atoms with Crippen molar-refractivity contribution >= 4 is 11.6 Å². The van der Waals surface area contributed by atoms with Gasteiger partial charge in [-0.05, 0) is 6.92 Å². The lowest BCUT2D eigenvalue weighted by molar-refractivity contribution is 0.0969. The van der Waals surface area contributed by atoms with Gasteiger partial charge in [-0.25, -0.2) is 0 Å². The van der Waals surface area contributed by atoms with Gasteiger partial charge in [0.15, 0.2) is 11.5 Å². The lowest BCUT2D eigenvalue weighted by Gasteiger charge is -2.20. The molecule has 0 fully saturated rings. The topological polar surface area (TPSA) is 106 Å². The number of aliphatic hydroxyl groups is 1. The number of hydrogen-bond acceptors (Lipinski definition) is 7.